The number of thiophene rings is 1. The maximum absolute atomic E-state index is 14.4. The van der Waals surface area contributed by atoms with Crippen LogP contribution in [0.1, 0.15) is 55.7 Å². The van der Waals surface area contributed by atoms with Gasteiger partial charge in [0, 0.05) is 23.9 Å². The van der Waals surface area contributed by atoms with Crippen LogP contribution in [0.15, 0.2) is 41.8 Å². The second-order valence-electron chi connectivity index (χ2n) is 9.90. The number of carbonyl (C=O) groups excluding carboxylic acids is 3. The van der Waals surface area contributed by atoms with Gasteiger partial charge < -0.3 is 4.90 Å². The topological polar surface area (TPSA) is 57.7 Å². The van der Waals surface area contributed by atoms with Crippen molar-refractivity contribution in [3.8, 4) is 0 Å². The molecule has 2 aromatic rings. The minimum Gasteiger partial charge on any atom is -0.329 e. The predicted molar refractivity (Wildman–Crippen MR) is 119 cm³/mol. The van der Waals surface area contributed by atoms with E-state index in [1.807, 2.05) is 49.3 Å². The number of piperidine rings is 1. The van der Waals surface area contributed by atoms with Gasteiger partial charge in [-0.1, -0.05) is 51.1 Å². The Morgan fingerprint density at radius 3 is 2.48 bits per heavy atom. The zero-order valence-electron chi connectivity index (χ0n) is 18.5. The Labute approximate surface area is 187 Å². The molecule has 5 rings (SSSR count). The molecular weight excluding hydrogens is 408 g/mol. The Kier molecular flexibility index (Phi) is 4.30. The molecule has 31 heavy (non-hydrogen) atoms. The normalized spacial score (nSPS) is 31.7. The number of fused-ring (bicyclic) bond motifs is 3. The standard InChI is InChI=1S/C25H28N2O3S/c1-23(2)24(3)12-13-25(23,21(29)26(4)20(24)28)22(30)27-14-11-16-8-5-6-9-17(16)19(27)18-10-7-15-31-18/h5-10,15,19H,11-14H2,1-4H3/t19-,24-,25+/m0/s1. The number of hydrogen-bond acceptors (Lipinski definition) is 4. The van der Waals surface area contributed by atoms with Crippen LogP contribution in [0.4, 0.5) is 0 Å². The van der Waals surface area contributed by atoms with E-state index in [9.17, 15) is 14.4 Å². The Balaban J connectivity index is 1.66. The first-order valence-electron chi connectivity index (χ1n) is 10.9. The van der Waals surface area contributed by atoms with Crippen molar-refractivity contribution in [1.82, 2.24) is 9.80 Å². The van der Waals surface area contributed by atoms with Crippen LogP contribution in [0.5, 0.6) is 0 Å². The Hall–Kier alpha value is -2.47. The van der Waals surface area contributed by atoms with Gasteiger partial charge in [-0.3, -0.25) is 19.3 Å². The van der Waals surface area contributed by atoms with E-state index in [-0.39, 0.29) is 23.8 Å². The first kappa shape index (κ1) is 20.4. The molecule has 162 valence electrons. The highest BCUT2D eigenvalue weighted by Crippen LogP contribution is 2.67. The maximum atomic E-state index is 14.4. The molecule has 1 saturated heterocycles. The molecule has 3 heterocycles. The van der Waals surface area contributed by atoms with Crippen LogP contribution >= 0.6 is 11.3 Å². The lowest BCUT2D eigenvalue weighted by molar-refractivity contribution is -0.183. The SMILES string of the molecule is CN1C(=O)[C@@]2(C(=O)N3CCc4ccccc4[C@H]3c3cccs3)CC[C@@](C)(C1=O)C2(C)C. The number of hydrogen-bond donors (Lipinski definition) is 0. The highest BCUT2D eigenvalue weighted by Gasteiger charge is 2.75. The van der Waals surface area contributed by atoms with Crippen LogP contribution in [-0.2, 0) is 20.8 Å². The molecule has 0 unspecified atom stereocenters. The van der Waals surface area contributed by atoms with E-state index >= 15 is 0 Å². The molecule has 2 aliphatic heterocycles. The molecule has 5 nitrogen and oxygen atoms in total. The molecule has 3 amide bonds. The fourth-order valence-electron chi connectivity index (χ4n) is 6.28. The maximum Gasteiger partial charge on any atom is 0.245 e. The summed E-state index contributed by atoms with van der Waals surface area (Å²) < 4.78 is 0. The Morgan fingerprint density at radius 1 is 1.03 bits per heavy atom. The van der Waals surface area contributed by atoms with Crippen molar-refractivity contribution in [2.75, 3.05) is 13.6 Å². The van der Waals surface area contributed by atoms with Crippen molar-refractivity contribution in [2.45, 2.75) is 46.1 Å². The van der Waals surface area contributed by atoms with Gasteiger partial charge in [0.05, 0.1) is 11.5 Å². The Bertz CT molecular complexity index is 1090. The number of carbonyl (C=O) groups is 3. The third-order valence-corrected chi connectivity index (χ3v) is 9.54. The lowest BCUT2D eigenvalue weighted by Gasteiger charge is -2.54. The molecule has 2 fully saturated rings. The first-order chi connectivity index (χ1) is 14.7. The predicted octanol–water partition coefficient (Wildman–Crippen LogP) is 4.03. The Morgan fingerprint density at radius 2 is 1.77 bits per heavy atom. The summed E-state index contributed by atoms with van der Waals surface area (Å²) in [5, 5.41) is 2.03. The summed E-state index contributed by atoms with van der Waals surface area (Å²) >= 11 is 1.64. The zero-order valence-corrected chi connectivity index (χ0v) is 19.3. The molecule has 1 aliphatic carbocycles. The summed E-state index contributed by atoms with van der Waals surface area (Å²) in [5.41, 5.74) is -0.314. The highest BCUT2D eigenvalue weighted by molar-refractivity contribution is 7.10. The van der Waals surface area contributed by atoms with Crippen molar-refractivity contribution in [3.63, 3.8) is 0 Å². The summed E-state index contributed by atoms with van der Waals surface area (Å²) in [6.07, 6.45) is 1.73. The average molecular weight is 437 g/mol. The van der Waals surface area contributed by atoms with E-state index in [4.69, 9.17) is 0 Å². The van der Waals surface area contributed by atoms with Crippen molar-refractivity contribution < 1.29 is 14.4 Å². The van der Waals surface area contributed by atoms with Crippen LogP contribution < -0.4 is 0 Å². The molecule has 1 aromatic carbocycles. The first-order valence-corrected chi connectivity index (χ1v) is 11.8. The minimum absolute atomic E-state index is 0.126. The summed E-state index contributed by atoms with van der Waals surface area (Å²) in [6.45, 7) is 6.38. The summed E-state index contributed by atoms with van der Waals surface area (Å²) in [6, 6.07) is 12.1. The van der Waals surface area contributed by atoms with Crippen LogP contribution in [0.25, 0.3) is 0 Å². The van der Waals surface area contributed by atoms with Crippen LogP contribution in [-0.4, -0.2) is 41.1 Å². The van der Waals surface area contributed by atoms with Gasteiger partial charge in [0.2, 0.25) is 17.7 Å². The number of rotatable bonds is 2. The smallest absolute Gasteiger partial charge is 0.245 e. The third-order valence-electron chi connectivity index (χ3n) is 8.61. The van der Waals surface area contributed by atoms with Gasteiger partial charge in [0.1, 0.15) is 5.41 Å². The number of benzene rings is 1. The van der Waals surface area contributed by atoms with E-state index < -0.39 is 16.2 Å². The van der Waals surface area contributed by atoms with E-state index in [1.54, 1.807) is 11.3 Å². The summed E-state index contributed by atoms with van der Waals surface area (Å²) in [4.78, 5) is 45.4. The van der Waals surface area contributed by atoms with E-state index in [1.165, 1.54) is 17.5 Å². The van der Waals surface area contributed by atoms with Gasteiger partial charge in [-0.2, -0.15) is 0 Å². The van der Waals surface area contributed by atoms with Crippen molar-refractivity contribution in [2.24, 2.45) is 16.2 Å². The van der Waals surface area contributed by atoms with Gasteiger partial charge in [0.15, 0.2) is 0 Å². The van der Waals surface area contributed by atoms with Crippen LogP contribution in [0.3, 0.4) is 0 Å². The van der Waals surface area contributed by atoms with E-state index in [0.717, 1.165) is 16.9 Å². The zero-order chi connectivity index (χ0) is 22.2. The molecule has 1 saturated carbocycles. The molecule has 3 aliphatic rings. The van der Waals surface area contributed by atoms with Crippen molar-refractivity contribution in [3.05, 3.63) is 57.8 Å². The van der Waals surface area contributed by atoms with Gasteiger partial charge in [-0.25, -0.2) is 0 Å². The van der Waals surface area contributed by atoms with Gasteiger partial charge in [0.25, 0.3) is 0 Å². The quantitative estimate of drug-likeness (QED) is 0.528. The number of nitrogens with zero attached hydrogens (tertiary/aromatic N) is 2. The summed E-state index contributed by atoms with van der Waals surface area (Å²) in [5.74, 6) is -0.632. The van der Waals surface area contributed by atoms with E-state index in [2.05, 4.69) is 18.2 Å². The minimum atomic E-state index is -1.22. The van der Waals surface area contributed by atoms with Crippen LogP contribution in [0.2, 0.25) is 0 Å². The van der Waals surface area contributed by atoms with Crippen molar-refractivity contribution >= 4 is 29.1 Å². The summed E-state index contributed by atoms with van der Waals surface area (Å²) in [7, 11) is 1.54. The monoisotopic (exact) mass is 436 g/mol. The van der Waals surface area contributed by atoms with Gasteiger partial charge in [-0.05, 0) is 41.8 Å². The molecule has 1 aromatic heterocycles. The molecular formula is C25H28N2O3S. The van der Waals surface area contributed by atoms with Gasteiger partial charge >= 0.3 is 0 Å². The van der Waals surface area contributed by atoms with Crippen molar-refractivity contribution in [1.29, 1.82) is 0 Å². The molecule has 0 N–H and O–H groups in total. The molecule has 0 spiro atoms. The highest BCUT2D eigenvalue weighted by atomic mass is 32.1. The second-order valence-corrected chi connectivity index (χ2v) is 10.9. The number of likely N-dealkylation sites (tertiary alicyclic amines) is 1. The lowest BCUT2D eigenvalue weighted by atomic mass is 9.54. The van der Waals surface area contributed by atoms with Crippen LogP contribution in [0, 0.1) is 16.2 Å². The number of amides is 3. The second kappa shape index (κ2) is 6.52. The molecule has 0 radical (unpaired) electrons. The molecule has 6 heteroatoms. The molecule has 3 atom stereocenters. The fraction of sp³-hybridized carbons (Fsp3) is 0.480. The lowest BCUT2D eigenvalue weighted by Crippen LogP contribution is -2.68. The largest absolute Gasteiger partial charge is 0.329 e. The molecule has 2 bridgehead atoms. The third kappa shape index (κ3) is 2.34. The number of imide groups is 1. The van der Waals surface area contributed by atoms with E-state index in [0.29, 0.717) is 19.4 Å². The fourth-order valence-corrected chi connectivity index (χ4v) is 7.14. The average Bonchev–Trinajstić information content (AvgIpc) is 3.35. The van der Waals surface area contributed by atoms with Gasteiger partial charge in [-0.15, -0.1) is 11.3 Å².